The number of piperazine rings is 1. The Kier molecular flexibility index (Phi) is 3.44. The van der Waals surface area contributed by atoms with Gasteiger partial charge in [0.15, 0.2) is 0 Å². The van der Waals surface area contributed by atoms with Gasteiger partial charge in [0.05, 0.1) is 0 Å². The normalized spacial score (nSPS) is 35.3. The Morgan fingerprint density at radius 2 is 1.78 bits per heavy atom. The van der Waals surface area contributed by atoms with E-state index in [0.717, 1.165) is 6.04 Å². The van der Waals surface area contributed by atoms with E-state index in [1.165, 1.54) is 70.9 Å². The lowest BCUT2D eigenvalue weighted by Crippen LogP contribution is -2.70. The molecule has 1 saturated heterocycles. The van der Waals surface area contributed by atoms with E-state index in [-0.39, 0.29) is 0 Å². The first-order chi connectivity index (χ1) is 8.68. The topological polar surface area (TPSA) is 15.3 Å². The Hall–Kier alpha value is -0.0800. The highest BCUT2D eigenvalue weighted by Gasteiger charge is 2.47. The standard InChI is InChI=1S/C16H30N2/c1-3-14-12-17-16(10-5-4-6-11-16)13-18(14)15(2)8-7-9-15/h14,17H,3-13H2,1-2H3. The molecule has 0 bridgehead atoms. The molecule has 3 fully saturated rings. The summed E-state index contributed by atoms with van der Waals surface area (Å²) in [6.07, 6.45) is 12.8. The van der Waals surface area contributed by atoms with Crippen LogP contribution in [0.3, 0.4) is 0 Å². The zero-order valence-electron chi connectivity index (χ0n) is 12.3. The Bertz CT molecular complexity index is 289. The third kappa shape index (κ3) is 2.12. The number of rotatable bonds is 2. The van der Waals surface area contributed by atoms with Crippen molar-refractivity contribution in [3.8, 4) is 0 Å². The van der Waals surface area contributed by atoms with E-state index in [1.807, 2.05) is 0 Å². The molecule has 0 aromatic rings. The zero-order chi connectivity index (χ0) is 12.6. The van der Waals surface area contributed by atoms with Crippen molar-refractivity contribution in [2.45, 2.75) is 88.8 Å². The molecule has 3 aliphatic rings. The van der Waals surface area contributed by atoms with Crippen molar-refractivity contribution in [1.29, 1.82) is 0 Å². The fraction of sp³-hybridized carbons (Fsp3) is 1.00. The predicted octanol–water partition coefficient (Wildman–Crippen LogP) is 3.32. The quantitative estimate of drug-likeness (QED) is 0.809. The van der Waals surface area contributed by atoms with Crippen molar-refractivity contribution < 1.29 is 0 Å². The van der Waals surface area contributed by atoms with Crippen LogP contribution in [0.4, 0.5) is 0 Å². The summed E-state index contributed by atoms with van der Waals surface area (Å²) in [5, 5.41) is 3.94. The maximum Gasteiger partial charge on any atom is 0.0309 e. The molecule has 1 unspecified atom stereocenters. The Labute approximate surface area is 113 Å². The third-order valence-electron chi connectivity index (χ3n) is 6.03. The van der Waals surface area contributed by atoms with Gasteiger partial charge in [-0.3, -0.25) is 4.90 Å². The van der Waals surface area contributed by atoms with Crippen molar-refractivity contribution in [2.24, 2.45) is 0 Å². The molecule has 1 spiro atoms. The van der Waals surface area contributed by atoms with Gasteiger partial charge in [0.25, 0.3) is 0 Å². The molecule has 1 aliphatic heterocycles. The summed E-state index contributed by atoms with van der Waals surface area (Å²) < 4.78 is 0. The van der Waals surface area contributed by atoms with E-state index in [0.29, 0.717) is 11.1 Å². The molecule has 1 atom stereocenters. The van der Waals surface area contributed by atoms with Crippen molar-refractivity contribution in [3.63, 3.8) is 0 Å². The molecule has 0 amide bonds. The van der Waals surface area contributed by atoms with Crippen molar-refractivity contribution >= 4 is 0 Å². The second-order valence-electron chi connectivity index (χ2n) is 7.26. The number of nitrogens with one attached hydrogen (secondary N) is 1. The van der Waals surface area contributed by atoms with Gasteiger partial charge in [0, 0.05) is 30.2 Å². The smallest absolute Gasteiger partial charge is 0.0309 e. The predicted molar refractivity (Wildman–Crippen MR) is 76.9 cm³/mol. The summed E-state index contributed by atoms with van der Waals surface area (Å²) in [5.74, 6) is 0. The van der Waals surface area contributed by atoms with Crippen LogP contribution in [0.25, 0.3) is 0 Å². The first-order valence-corrected chi connectivity index (χ1v) is 8.19. The van der Waals surface area contributed by atoms with Crippen LogP contribution in [-0.4, -0.2) is 35.1 Å². The second kappa shape index (κ2) is 4.79. The Morgan fingerprint density at radius 3 is 2.33 bits per heavy atom. The molecule has 1 N–H and O–H groups in total. The average Bonchev–Trinajstić information content (AvgIpc) is 2.37. The number of nitrogens with zero attached hydrogens (tertiary/aromatic N) is 1. The van der Waals surface area contributed by atoms with Crippen LogP contribution in [0.2, 0.25) is 0 Å². The SMILES string of the molecule is CCC1CNC2(CCCCC2)CN1C1(C)CCC1. The minimum atomic E-state index is 0.475. The maximum absolute atomic E-state index is 3.94. The van der Waals surface area contributed by atoms with Crippen LogP contribution in [0.15, 0.2) is 0 Å². The van der Waals surface area contributed by atoms with E-state index >= 15 is 0 Å². The highest BCUT2D eigenvalue weighted by Crippen LogP contribution is 2.43. The summed E-state index contributed by atoms with van der Waals surface area (Å²) in [4.78, 5) is 2.90. The van der Waals surface area contributed by atoms with Gasteiger partial charge < -0.3 is 5.32 Å². The number of hydrogen-bond acceptors (Lipinski definition) is 2. The van der Waals surface area contributed by atoms with Gasteiger partial charge in [-0.05, 0) is 45.4 Å². The lowest BCUT2D eigenvalue weighted by atomic mass is 9.72. The lowest BCUT2D eigenvalue weighted by Gasteiger charge is -2.58. The average molecular weight is 250 g/mol. The van der Waals surface area contributed by atoms with Gasteiger partial charge in [-0.15, -0.1) is 0 Å². The van der Waals surface area contributed by atoms with Crippen molar-refractivity contribution in [2.75, 3.05) is 13.1 Å². The lowest BCUT2D eigenvalue weighted by molar-refractivity contribution is -0.0574. The summed E-state index contributed by atoms with van der Waals surface area (Å²) in [5.41, 5.74) is 1.01. The monoisotopic (exact) mass is 250 g/mol. The van der Waals surface area contributed by atoms with Gasteiger partial charge in [0.2, 0.25) is 0 Å². The molecule has 3 rings (SSSR count). The van der Waals surface area contributed by atoms with Gasteiger partial charge in [-0.1, -0.05) is 26.2 Å². The minimum Gasteiger partial charge on any atom is -0.308 e. The molecule has 2 saturated carbocycles. The Morgan fingerprint density at radius 1 is 1.06 bits per heavy atom. The largest absolute Gasteiger partial charge is 0.308 e. The van der Waals surface area contributed by atoms with Gasteiger partial charge in [0.1, 0.15) is 0 Å². The molecule has 2 nitrogen and oxygen atoms in total. The highest BCUT2D eigenvalue weighted by atomic mass is 15.3. The van der Waals surface area contributed by atoms with Crippen LogP contribution >= 0.6 is 0 Å². The highest BCUT2D eigenvalue weighted by molar-refractivity contribution is 5.06. The van der Waals surface area contributed by atoms with Gasteiger partial charge in [-0.2, -0.15) is 0 Å². The molecular formula is C16H30N2. The van der Waals surface area contributed by atoms with E-state index in [4.69, 9.17) is 0 Å². The second-order valence-corrected chi connectivity index (χ2v) is 7.26. The molecule has 2 aliphatic carbocycles. The molecule has 0 aromatic heterocycles. The molecular weight excluding hydrogens is 220 g/mol. The van der Waals surface area contributed by atoms with Crippen molar-refractivity contribution in [1.82, 2.24) is 10.2 Å². The minimum absolute atomic E-state index is 0.475. The van der Waals surface area contributed by atoms with E-state index in [2.05, 4.69) is 24.1 Å². The Balaban J connectivity index is 1.75. The maximum atomic E-state index is 3.94. The van der Waals surface area contributed by atoms with Crippen LogP contribution in [0, 0.1) is 0 Å². The van der Waals surface area contributed by atoms with E-state index in [1.54, 1.807) is 0 Å². The first kappa shape index (κ1) is 12.9. The fourth-order valence-electron chi connectivity index (χ4n) is 4.49. The molecule has 104 valence electrons. The number of hydrogen-bond donors (Lipinski definition) is 1. The van der Waals surface area contributed by atoms with Gasteiger partial charge in [-0.25, -0.2) is 0 Å². The third-order valence-corrected chi connectivity index (χ3v) is 6.03. The van der Waals surface area contributed by atoms with Crippen LogP contribution in [0.1, 0.15) is 71.6 Å². The summed E-state index contributed by atoms with van der Waals surface area (Å²) in [6.45, 7) is 7.43. The molecule has 18 heavy (non-hydrogen) atoms. The van der Waals surface area contributed by atoms with Crippen LogP contribution in [-0.2, 0) is 0 Å². The molecule has 0 radical (unpaired) electrons. The summed E-state index contributed by atoms with van der Waals surface area (Å²) in [7, 11) is 0. The van der Waals surface area contributed by atoms with Crippen molar-refractivity contribution in [3.05, 3.63) is 0 Å². The summed E-state index contributed by atoms with van der Waals surface area (Å²) >= 11 is 0. The zero-order valence-corrected chi connectivity index (χ0v) is 12.3. The summed E-state index contributed by atoms with van der Waals surface area (Å²) in [6, 6.07) is 0.780. The van der Waals surface area contributed by atoms with Crippen LogP contribution < -0.4 is 5.32 Å². The molecule has 1 heterocycles. The fourth-order valence-corrected chi connectivity index (χ4v) is 4.49. The molecule has 2 heteroatoms. The molecule has 0 aromatic carbocycles. The first-order valence-electron chi connectivity index (χ1n) is 8.19. The van der Waals surface area contributed by atoms with Crippen LogP contribution in [0.5, 0.6) is 0 Å². The van der Waals surface area contributed by atoms with Gasteiger partial charge >= 0.3 is 0 Å². The van der Waals surface area contributed by atoms with E-state index < -0.39 is 0 Å². The van der Waals surface area contributed by atoms with E-state index in [9.17, 15) is 0 Å².